The second kappa shape index (κ2) is 10.1. The van der Waals surface area contributed by atoms with E-state index in [1.165, 1.54) is 36.6 Å². The molecule has 5 nitrogen and oxygen atoms in total. The van der Waals surface area contributed by atoms with Crippen molar-refractivity contribution in [1.29, 1.82) is 0 Å². The Kier molecular flexibility index (Phi) is 7.54. The Morgan fingerprint density at radius 2 is 1.86 bits per heavy atom. The van der Waals surface area contributed by atoms with E-state index in [1.807, 2.05) is 6.92 Å². The van der Waals surface area contributed by atoms with Crippen molar-refractivity contribution in [2.75, 3.05) is 5.75 Å². The van der Waals surface area contributed by atoms with Gasteiger partial charge >= 0.3 is 0 Å². The zero-order chi connectivity index (χ0) is 19.9. The molecular formula is C22H31N3O2S. The van der Waals surface area contributed by atoms with E-state index in [0.29, 0.717) is 17.1 Å². The molecule has 2 aromatic rings. The second-order valence-electron chi connectivity index (χ2n) is 8.16. The minimum absolute atomic E-state index is 0.0262. The molecule has 1 saturated carbocycles. The van der Waals surface area contributed by atoms with E-state index < -0.39 is 0 Å². The second-order valence-corrected chi connectivity index (χ2v) is 9.09. The number of hydrogen-bond acceptors (Lipinski definition) is 5. The first-order valence-electron chi connectivity index (χ1n) is 10.4. The van der Waals surface area contributed by atoms with Crippen LogP contribution >= 0.6 is 11.8 Å². The molecule has 0 radical (unpaired) electrons. The molecular weight excluding hydrogens is 370 g/mol. The number of nitrogens with one attached hydrogen (secondary N) is 1. The molecule has 1 heterocycles. The van der Waals surface area contributed by atoms with Gasteiger partial charge in [-0.3, -0.25) is 4.79 Å². The predicted octanol–water partition coefficient (Wildman–Crippen LogP) is 5.29. The minimum atomic E-state index is -0.0267. The van der Waals surface area contributed by atoms with Crippen molar-refractivity contribution in [2.24, 2.45) is 5.92 Å². The summed E-state index contributed by atoms with van der Waals surface area (Å²) in [5, 5.41) is 11.8. The molecule has 1 aliphatic carbocycles. The van der Waals surface area contributed by atoms with E-state index >= 15 is 0 Å². The first kappa shape index (κ1) is 20.9. The average Bonchev–Trinajstić information content (AvgIpc) is 3.16. The van der Waals surface area contributed by atoms with Gasteiger partial charge in [0.1, 0.15) is 0 Å². The molecule has 1 atom stereocenters. The molecule has 1 fully saturated rings. The number of carbonyl (C=O) groups is 1. The lowest BCUT2D eigenvalue weighted by molar-refractivity contribution is -0.119. The minimum Gasteiger partial charge on any atom is -0.416 e. The van der Waals surface area contributed by atoms with Crippen LogP contribution in [0.4, 0.5) is 0 Å². The lowest BCUT2D eigenvalue weighted by Gasteiger charge is -2.17. The molecule has 1 aromatic carbocycles. The van der Waals surface area contributed by atoms with Crippen molar-refractivity contribution >= 4 is 17.7 Å². The summed E-state index contributed by atoms with van der Waals surface area (Å²) in [6.45, 7) is 6.44. The van der Waals surface area contributed by atoms with Crippen LogP contribution in [-0.2, 0) is 11.2 Å². The Balaban J connectivity index is 1.45. The van der Waals surface area contributed by atoms with Crippen LogP contribution in [0.15, 0.2) is 33.9 Å². The Hall–Kier alpha value is -1.82. The van der Waals surface area contributed by atoms with Gasteiger partial charge in [0, 0.05) is 5.92 Å². The number of rotatable bonds is 8. The third kappa shape index (κ3) is 6.09. The van der Waals surface area contributed by atoms with Crippen LogP contribution in [-0.4, -0.2) is 21.9 Å². The van der Waals surface area contributed by atoms with E-state index in [4.69, 9.17) is 4.42 Å². The quantitative estimate of drug-likeness (QED) is 0.609. The normalized spacial score (nSPS) is 16.3. The summed E-state index contributed by atoms with van der Waals surface area (Å²) >= 11 is 1.31. The molecule has 1 unspecified atom stereocenters. The van der Waals surface area contributed by atoms with E-state index in [0.717, 1.165) is 30.7 Å². The summed E-state index contributed by atoms with van der Waals surface area (Å²) in [5.74, 6) is 2.02. The standard InChI is InChI=1S/C22H31N3O2S/c1-15(2)13-17-9-11-18(12-10-17)16(3)23-20(26)14-28-22-25-24-21(27-22)19-7-5-4-6-8-19/h9-12,15-16,19H,4-8,13-14H2,1-3H3,(H,23,26). The maximum absolute atomic E-state index is 12.3. The summed E-state index contributed by atoms with van der Waals surface area (Å²) in [6, 6.07) is 8.48. The number of hydrogen-bond donors (Lipinski definition) is 1. The lowest BCUT2D eigenvalue weighted by Crippen LogP contribution is -2.28. The highest BCUT2D eigenvalue weighted by Gasteiger charge is 2.21. The topological polar surface area (TPSA) is 68.0 Å². The number of aromatic nitrogens is 2. The van der Waals surface area contributed by atoms with Crippen molar-refractivity contribution in [3.05, 3.63) is 41.3 Å². The first-order chi connectivity index (χ1) is 13.5. The SMILES string of the molecule is CC(C)Cc1ccc(C(C)NC(=O)CSc2nnc(C3CCCCC3)o2)cc1. The van der Waals surface area contributed by atoms with Crippen LogP contribution in [0.3, 0.4) is 0 Å². The summed E-state index contributed by atoms with van der Waals surface area (Å²) in [5.41, 5.74) is 2.45. The average molecular weight is 402 g/mol. The maximum atomic E-state index is 12.3. The molecule has 1 aliphatic rings. The van der Waals surface area contributed by atoms with Gasteiger partial charge in [0.15, 0.2) is 0 Å². The van der Waals surface area contributed by atoms with Crippen LogP contribution < -0.4 is 5.32 Å². The molecule has 1 aromatic heterocycles. The molecule has 152 valence electrons. The van der Waals surface area contributed by atoms with E-state index in [-0.39, 0.29) is 17.7 Å². The van der Waals surface area contributed by atoms with Crippen LogP contribution in [0.1, 0.15) is 81.9 Å². The van der Waals surface area contributed by atoms with Gasteiger partial charge in [0.25, 0.3) is 5.22 Å². The van der Waals surface area contributed by atoms with Gasteiger partial charge in [-0.1, -0.05) is 69.1 Å². The van der Waals surface area contributed by atoms with Crippen molar-refractivity contribution in [3.8, 4) is 0 Å². The highest BCUT2D eigenvalue weighted by Crippen LogP contribution is 2.32. The fourth-order valence-electron chi connectivity index (χ4n) is 3.70. The van der Waals surface area contributed by atoms with Crippen molar-refractivity contribution in [1.82, 2.24) is 15.5 Å². The van der Waals surface area contributed by atoms with Gasteiger partial charge in [-0.05, 0) is 43.2 Å². The van der Waals surface area contributed by atoms with Gasteiger partial charge in [0.05, 0.1) is 11.8 Å². The fourth-order valence-corrected chi connectivity index (χ4v) is 4.28. The third-order valence-corrected chi connectivity index (χ3v) is 6.02. The third-order valence-electron chi connectivity index (χ3n) is 5.20. The highest BCUT2D eigenvalue weighted by molar-refractivity contribution is 7.99. The number of thioether (sulfide) groups is 1. The molecule has 6 heteroatoms. The van der Waals surface area contributed by atoms with Crippen LogP contribution in [0, 0.1) is 5.92 Å². The lowest BCUT2D eigenvalue weighted by atomic mass is 9.89. The summed E-state index contributed by atoms with van der Waals surface area (Å²) in [7, 11) is 0. The molecule has 0 saturated heterocycles. The molecule has 1 N–H and O–H groups in total. The Morgan fingerprint density at radius 3 is 2.54 bits per heavy atom. The maximum Gasteiger partial charge on any atom is 0.277 e. The summed E-state index contributed by atoms with van der Waals surface area (Å²) in [6.07, 6.45) is 7.08. The highest BCUT2D eigenvalue weighted by atomic mass is 32.2. The van der Waals surface area contributed by atoms with E-state index in [1.54, 1.807) is 0 Å². The molecule has 0 bridgehead atoms. The number of carbonyl (C=O) groups excluding carboxylic acids is 1. The van der Waals surface area contributed by atoms with Gasteiger partial charge < -0.3 is 9.73 Å². The Labute approximate surface area is 172 Å². The van der Waals surface area contributed by atoms with Gasteiger partial charge in [-0.15, -0.1) is 10.2 Å². The van der Waals surface area contributed by atoms with Gasteiger partial charge in [0.2, 0.25) is 11.8 Å². The fraction of sp³-hybridized carbons (Fsp3) is 0.591. The molecule has 3 rings (SSSR count). The van der Waals surface area contributed by atoms with Crippen LogP contribution in [0.2, 0.25) is 0 Å². The molecule has 28 heavy (non-hydrogen) atoms. The molecule has 1 amide bonds. The zero-order valence-corrected chi connectivity index (χ0v) is 17.9. The smallest absolute Gasteiger partial charge is 0.277 e. The number of nitrogens with zero attached hydrogens (tertiary/aromatic N) is 2. The van der Waals surface area contributed by atoms with Crippen molar-refractivity contribution in [2.45, 2.75) is 76.5 Å². The monoisotopic (exact) mass is 401 g/mol. The predicted molar refractivity (Wildman–Crippen MR) is 112 cm³/mol. The van der Waals surface area contributed by atoms with E-state index in [9.17, 15) is 4.79 Å². The zero-order valence-electron chi connectivity index (χ0n) is 17.1. The van der Waals surface area contributed by atoms with Crippen molar-refractivity contribution in [3.63, 3.8) is 0 Å². The van der Waals surface area contributed by atoms with Gasteiger partial charge in [-0.2, -0.15) is 0 Å². The van der Waals surface area contributed by atoms with E-state index in [2.05, 4.69) is 53.6 Å². The molecule has 0 aliphatic heterocycles. The molecule has 0 spiro atoms. The number of benzene rings is 1. The first-order valence-corrected chi connectivity index (χ1v) is 11.3. The largest absolute Gasteiger partial charge is 0.416 e. The van der Waals surface area contributed by atoms with Crippen LogP contribution in [0.5, 0.6) is 0 Å². The number of amides is 1. The summed E-state index contributed by atoms with van der Waals surface area (Å²) in [4.78, 5) is 12.3. The Bertz CT molecular complexity index is 751. The van der Waals surface area contributed by atoms with Crippen molar-refractivity contribution < 1.29 is 9.21 Å². The van der Waals surface area contributed by atoms with Crippen LogP contribution in [0.25, 0.3) is 0 Å². The van der Waals surface area contributed by atoms with Gasteiger partial charge in [-0.25, -0.2) is 0 Å². The Morgan fingerprint density at radius 1 is 1.14 bits per heavy atom. The summed E-state index contributed by atoms with van der Waals surface area (Å²) < 4.78 is 5.77.